The number of hydrogen-bond donors (Lipinski definition) is 0. The van der Waals surface area contributed by atoms with Gasteiger partial charge in [-0.1, -0.05) is 13.8 Å². The molecule has 1 saturated heterocycles. The maximum atomic E-state index is 5.69. The standard InChI is InChI=1S/C12H23NO/c1-8(2)13-5-6-14-7-11-9(3)10(4)12(11)13/h8-12H,5-7H2,1-4H3. The normalized spacial score (nSPS) is 44.4. The minimum absolute atomic E-state index is 0.666. The lowest BCUT2D eigenvalue weighted by Gasteiger charge is -2.54. The zero-order valence-corrected chi connectivity index (χ0v) is 9.86. The van der Waals surface area contributed by atoms with E-state index in [1.54, 1.807) is 0 Å². The molecule has 1 aliphatic carbocycles. The second-order valence-corrected chi connectivity index (χ2v) is 5.28. The molecule has 2 rings (SSSR count). The summed E-state index contributed by atoms with van der Waals surface area (Å²) in [4.78, 5) is 2.64. The van der Waals surface area contributed by atoms with Crippen LogP contribution in [0.3, 0.4) is 0 Å². The van der Waals surface area contributed by atoms with Gasteiger partial charge in [0.15, 0.2) is 0 Å². The summed E-state index contributed by atoms with van der Waals surface area (Å²) >= 11 is 0. The molecule has 2 heteroatoms. The Labute approximate surface area is 87.6 Å². The third-order valence-corrected chi connectivity index (χ3v) is 4.33. The van der Waals surface area contributed by atoms with Crippen molar-refractivity contribution in [1.82, 2.24) is 4.90 Å². The molecule has 1 heterocycles. The zero-order chi connectivity index (χ0) is 10.3. The van der Waals surface area contributed by atoms with Gasteiger partial charge in [-0.25, -0.2) is 0 Å². The molecule has 14 heavy (non-hydrogen) atoms. The van der Waals surface area contributed by atoms with E-state index in [0.29, 0.717) is 6.04 Å². The van der Waals surface area contributed by atoms with Gasteiger partial charge in [0, 0.05) is 24.5 Å². The van der Waals surface area contributed by atoms with E-state index >= 15 is 0 Å². The van der Waals surface area contributed by atoms with Crippen LogP contribution >= 0.6 is 0 Å². The first kappa shape index (κ1) is 10.4. The van der Waals surface area contributed by atoms with Crippen LogP contribution in [0.15, 0.2) is 0 Å². The van der Waals surface area contributed by atoms with E-state index in [1.165, 1.54) is 0 Å². The lowest BCUT2D eigenvalue weighted by molar-refractivity contribution is -0.0608. The smallest absolute Gasteiger partial charge is 0.0593 e. The Morgan fingerprint density at radius 1 is 1.21 bits per heavy atom. The lowest BCUT2D eigenvalue weighted by Crippen LogP contribution is -2.60. The fourth-order valence-corrected chi connectivity index (χ4v) is 3.20. The molecule has 0 bridgehead atoms. The van der Waals surface area contributed by atoms with Crippen molar-refractivity contribution in [2.75, 3.05) is 19.8 Å². The Bertz CT molecular complexity index is 204. The monoisotopic (exact) mass is 197 g/mol. The Morgan fingerprint density at radius 2 is 1.93 bits per heavy atom. The van der Waals surface area contributed by atoms with E-state index in [1.807, 2.05) is 0 Å². The number of rotatable bonds is 1. The van der Waals surface area contributed by atoms with Crippen molar-refractivity contribution in [3.05, 3.63) is 0 Å². The molecule has 0 N–H and O–H groups in total. The Hall–Kier alpha value is -0.0800. The summed E-state index contributed by atoms with van der Waals surface area (Å²) < 4.78 is 5.69. The van der Waals surface area contributed by atoms with Crippen molar-refractivity contribution < 1.29 is 4.74 Å². The topological polar surface area (TPSA) is 12.5 Å². The first-order chi connectivity index (χ1) is 6.63. The van der Waals surface area contributed by atoms with Crippen LogP contribution in [0.4, 0.5) is 0 Å². The highest BCUT2D eigenvalue weighted by molar-refractivity contribution is 5.00. The van der Waals surface area contributed by atoms with Crippen molar-refractivity contribution in [2.24, 2.45) is 17.8 Å². The second kappa shape index (κ2) is 3.82. The van der Waals surface area contributed by atoms with Gasteiger partial charge in [-0.05, 0) is 25.7 Å². The van der Waals surface area contributed by atoms with Gasteiger partial charge < -0.3 is 4.74 Å². The molecule has 0 amide bonds. The first-order valence-corrected chi connectivity index (χ1v) is 5.96. The van der Waals surface area contributed by atoms with Crippen molar-refractivity contribution in [1.29, 1.82) is 0 Å². The highest BCUT2D eigenvalue weighted by Crippen LogP contribution is 2.44. The van der Waals surface area contributed by atoms with Crippen LogP contribution in [0.25, 0.3) is 0 Å². The summed E-state index contributed by atoms with van der Waals surface area (Å²) in [6.45, 7) is 12.4. The molecular formula is C12H23NO. The van der Waals surface area contributed by atoms with E-state index in [0.717, 1.165) is 43.6 Å². The van der Waals surface area contributed by atoms with Crippen molar-refractivity contribution in [3.8, 4) is 0 Å². The third kappa shape index (κ3) is 1.49. The highest BCUT2D eigenvalue weighted by atomic mass is 16.5. The third-order valence-electron chi connectivity index (χ3n) is 4.33. The number of fused-ring (bicyclic) bond motifs is 1. The van der Waals surface area contributed by atoms with Gasteiger partial charge in [0.25, 0.3) is 0 Å². The van der Waals surface area contributed by atoms with E-state index in [-0.39, 0.29) is 0 Å². The zero-order valence-electron chi connectivity index (χ0n) is 9.86. The molecule has 1 aliphatic heterocycles. The summed E-state index contributed by atoms with van der Waals surface area (Å²) in [5.41, 5.74) is 0. The van der Waals surface area contributed by atoms with Gasteiger partial charge in [-0.3, -0.25) is 4.90 Å². The van der Waals surface area contributed by atoms with Gasteiger partial charge in [0.1, 0.15) is 0 Å². The number of nitrogens with zero attached hydrogens (tertiary/aromatic N) is 1. The molecule has 0 aromatic heterocycles. The first-order valence-electron chi connectivity index (χ1n) is 5.96. The van der Waals surface area contributed by atoms with Crippen LogP contribution in [0.1, 0.15) is 27.7 Å². The molecule has 1 saturated carbocycles. The fourth-order valence-electron chi connectivity index (χ4n) is 3.20. The predicted octanol–water partition coefficient (Wildman–Crippen LogP) is 2.00. The quantitative estimate of drug-likeness (QED) is 0.637. The average molecular weight is 197 g/mol. The largest absolute Gasteiger partial charge is 0.380 e. The van der Waals surface area contributed by atoms with Gasteiger partial charge in [-0.2, -0.15) is 0 Å². The summed E-state index contributed by atoms with van der Waals surface area (Å²) in [6, 6.07) is 1.45. The molecule has 2 aliphatic rings. The molecule has 4 unspecified atom stereocenters. The SMILES string of the molecule is CC1C(C)C2C1COCCN2C(C)C. The Morgan fingerprint density at radius 3 is 2.57 bits per heavy atom. The van der Waals surface area contributed by atoms with Gasteiger partial charge >= 0.3 is 0 Å². The van der Waals surface area contributed by atoms with E-state index < -0.39 is 0 Å². The summed E-state index contributed by atoms with van der Waals surface area (Å²) in [5, 5.41) is 0. The van der Waals surface area contributed by atoms with E-state index in [9.17, 15) is 0 Å². The van der Waals surface area contributed by atoms with Crippen LogP contribution in [-0.4, -0.2) is 36.7 Å². The summed E-state index contributed by atoms with van der Waals surface area (Å²) in [7, 11) is 0. The minimum atomic E-state index is 0.666. The van der Waals surface area contributed by atoms with E-state index in [4.69, 9.17) is 4.74 Å². The van der Waals surface area contributed by atoms with Crippen LogP contribution in [0.2, 0.25) is 0 Å². The summed E-state index contributed by atoms with van der Waals surface area (Å²) in [6.07, 6.45) is 0. The molecule has 2 fully saturated rings. The molecule has 82 valence electrons. The summed E-state index contributed by atoms with van der Waals surface area (Å²) in [5.74, 6) is 2.48. The predicted molar refractivity (Wildman–Crippen MR) is 58.3 cm³/mol. The van der Waals surface area contributed by atoms with Gasteiger partial charge in [-0.15, -0.1) is 0 Å². The highest BCUT2D eigenvalue weighted by Gasteiger charge is 2.49. The molecule has 0 aromatic carbocycles. The maximum Gasteiger partial charge on any atom is 0.0593 e. The van der Waals surface area contributed by atoms with Crippen LogP contribution in [0, 0.1) is 17.8 Å². The molecule has 2 nitrogen and oxygen atoms in total. The molecule has 4 atom stereocenters. The minimum Gasteiger partial charge on any atom is -0.380 e. The number of hydrogen-bond acceptors (Lipinski definition) is 2. The molecule has 0 radical (unpaired) electrons. The van der Waals surface area contributed by atoms with Crippen molar-refractivity contribution in [2.45, 2.75) is 39.8 Å². The van der Waals surface area contributed by atoms with Gasteiger partial charge in [0.2, 0.25) is 0 Å². The number of ether oxygens (including phenoxy) is 1. The van der Waals surface area contributed by atoms with Crippen LogP contribution < -0.4 is 0 Å². The van der Waals surface area contributed by atoms with Crippen molar-refractivity contribution in [3.63, 3.8) is 0 Å². The van der Waals surface area contributed by atoms with Crippen LogP contribution in [0.5, 0.6) is 0 Å². The second-order valence-electron chi connectivity index (χ2n) is 5.28. The van der Waals surface area contributed by atoms with Gasteiger partial charge in [0.05, 0.1) is 13.2 Å². The average Bonchev–Trinajstić information content (AvgIpc) is 2.36. The molecular weight excluding hydrogens is 174 g/mol. The Kier molecular flexibility index (Phi) is 2.85. The molecule has 0 spiro atoms. The fraction of sp³-hybridized carbons (Fsp3) is 1.00. The maximum absolute atomic E-state index is 5.69. The van der Waals surface area contributed by atoms with Crippen LogP contribution in [-0.2, 0) is 4.74 Å². The Balaban J connectivity index is 2.10. The van der Waals surface area contributed by atoms with E-state index in [2.05, 4.69) is 32.6 Å². The lowest BCUT2D eigenvalue weighted by atomic mass is 9.62. The molecule has 0 aromatic rings. The van der Waals surface area contributed by atoms with Crippen molar-refractivity contribution >= 4 is 0 Å².